The van der Waals surface area contributed by atoms with E-state index in [1.54, 1.807) is 6.33 Å². The molecule has 0 amide bonds. The van der Waals surface area contributed by atoms with E-state index in [-0.39, 0.29) is 12.0 Å². The number of nitrogens with zero attached hydrogens (tertiary/aromatic N) is 3. The highest BCUT2D eigenvalue weighted by molar-refractivity contribution is 5.87. The van der Waals surface area contributed by atoms with Gasteiger partial charge in [-0.05, 0) is 18.2 Å². The number of aromatic nitrogens is 2. The van der Waals surface area contributed by atoms with Gasteiger partial charge in [0.1, 0.15) is 11.4 Å². The molecule has 1 unspecified atom stereocenters. The third-order valence-corrected chi connectivity index (χ3v) is 3.91. The minimum Gasteiger partial charge on any atom is -0.493 e. The lowest BCUT2D eigenvalue weighted by molar-refractivity contribution is 0.0585. The molecule has 0 bridgehead atoms. The number of carbonyl (C=O) groups is 1. The summed E-state index contributed by atoms with van der Waals surface area (Å²) in [7, 11) is 5.37. The van der Waals surface area contributed by atoms with Crippen molar-refractivity contribution in [2.45, 2.75) is 12.5 Å². The van der Waals surface area contributed by atoms with Crippen molar-refractivity contribution in [3.63, 3.8) is 0 Å². The van der Waals surface area contributed by atoms with Gasteiger partial charge in [0.05, 0.1) is 32.3 Å². The molecule has 1 atom stereocenters. The molecule has 0 N–H and O–H groups in total. The van der Waals surface area contributed by atoms with Crippen LogP contribution in [0.15, 0.2) is 30.7 Å². The quantitative estimate of drug-likeness (QED) is 0.813. The molecule has 2 aromatic rings. The van der Waals surface area contributed by atoms with Crippen LogP contribution in [0.2, 0.25) is 0 Å². The lowest BCUT2D eigenvalue weighted by Gasteiger charge is -2.29. The molecule has 0 aliphatic carbocycles. The van der Waals surface area contributed by atoms with E-state index in [1.807, 2.05) is 35.7 Å². The molecule has 1 aromatic carbocycles. The van der Waals surface area contributed by atoms with Crippen molar-refractivity contribution < 1.29 is 14.3 Å². The Labute approximate surface area is 129 Å². The first-order valence-corrected chi connectivity index (χ1v) is 7.16. The highest BCUT2D eigenvalue weighted by Gasteiger charge is 2.27. The first kappa shape index (κ1) is 14.4. The van der Waals surface area contributed by atoms with Gasteiger partial charge in [-0.25, -0.2) is 9.78 Å². The summed E-state index contributed by atoms with van der Waals surface area (Å²) in [6.45, 7) is 0.609. The molecular formula is C16H19N3O3. The van der Waals surface area contributed by atoms with E-state index in [4.69, 9.17) is 9.47 Å². The van der Waals surface area contributed by atoms with Gasteiger partial charge in [-0.3, -0.25) is 0 Å². The Kier molecular flexibility index (Phi) is 3.75. The molecule has 22 heavy (non-hydrogen) atoms. The molecule has 1 aromatic heterocycles. The van der Waals surface area contributed by atoms with Crippen LogP contribution in [0, 0.1) is 0 Å². The van der Waals surface area contributed by atoms with Crippen molar-refractivity contribution in [2.75, 3.05) is 32.7 Å². The molecule has 0 radical (unpaired) electrons. The Balaban J connectivity index is 2.06. The van der Waals surface area contributed by atoms with E-state index in [2.05, 4.69) is 11.1 Å². The van der Waals surface area contributed by atoms with Crippen LogP contribution < -0.4 is 9.64 Å². The van der Waals surface area contributed by atoms with Crippen LogP contribution in [-0.4, -0.2) is 43.3 Å². The van der Waals surface area contributed by atoms with Crippen LogP contribution in [0.1, 0.15) is 28.5 Å². The lowest BCUT2D eigenvalue weighted by atomic mass is 9.99. The van der Waals surface area contributed by atoms with Crippen LogP contribution in [0.3, 0.4) is 0 Å². The zero-order chi connectivity index (χ0) is 15.7. The maximum Gasteiger partial charge on any atom is 0.356 e. The second kappa shape index (κ2) is 5.71. The average molecular weight is 301 g/mol. The van der Waals surface area contributed by atoms with Gasteiger partial charge in [0.25, 0.3) is 0 Å². The van der Waals surface area contributed by atoms with Gasteiger partial charge < -0.3 is 18.9 Å². The van der Waals surface area contributed by atoms with Crippen molar-refractivity contribution in [3.05, 3.63) is 42.0 Å². The summed E-state index contributed by atoms with van der Waals surface area (Å²) in [6, 6.07) is 6.11. The number of carbonyl (C=O) groups excluding carboxylic acids is 1. The van der Waals surface area contributed by atoms with Gasteiger partial charge in [-0.15, -0.1) is 0 Å². The van der Waals surface area contributed by atoms with E-state index in [0.717, 1.165) is 23.4 Å². The molecule has 0 spiro atoms. The van der Waals surface area contributed by atoms with Crippen molar-refractivity contribution in [1.82, 2.24) is 9.55 Å². The minimum absolute atomic E-state index is 0.0141. The van der Waals surface area contributed by atoms with Crippen molar-refractivity contribution in [3.8, 4) is 5.75 Å². The highest BCUT2D eigenvalue weighted by Crippen LogP contribution is 2.37. The summed E-state index contributed by atoms with van der Waals surface area (Å²) < 4.78 is 12.4. The number of anilines is 1. The Morgan fingerprint density at radius 3 is 3.00 bits per heavy atom. The van der Waals surface area contributed by atoms with Crippen molar-refractivity contribution in [1.29, 1.82) is 0 Å². The molecule has 0 fully saturated rings. The van der Waals surface area contributed by atoms with E-state index in [0.29, 0.717) is 12.3 Å². The predicted molar refractivity (Wildman–Crippen MR) is 82.6 cm³/mol. The Hall–Kier alpha value is -2.50. The fourth-order valence-corrected chi connectivity index (χ4v) is 2.75. The number of ether oxygens (including phenoxy) is 2. The third-order valence-electron chi connectivity index (χ3n) is 3.91. The smallest absolute Gasteiger partial charge is 0.356 e. The molecular weight excluding hydrogens is 282 g/mol. The van der Waals surface area contributed by atoms with E-state index in [9.17, 15) is 4.79 Å². The maximum absolute atomic E-state index is 11.9. The summed E-state index contributed by atoms with van der Waals surface area (Å²) in [5.41, 5.74) is 2.60. The number of imidazole rings is 1. The SMILES string of the molecule is COC(=O)c1cncn1C1CCOc2ccc(N(C)C)cc21. The third kappa shape index (κ3) is 2.41. The number of methoxy groups -OCH3 is 1. The minimum atomic E-state index is -0.380. The number of rotatable bonds is 3. The van der Waals surface area contributed by atoms with Crippen molar-refractivity contribution >= 4 is 11.7 Å². The monoisotopic (exact) mass is 301 g/mol. The second-order valence-electron chi connectivity index (χ2n) is 5.45. The van der Waals surface area contributed by atoms with E-state index < -0.39 is 0 Å². The van der Waals surface area contributed by atoms with Crippen molar-refractivity contribution in [2.24, 2.45) is 0 Å². The zero-order valence-electron chi connectivity index (χ0n) is 12.9. The molecule has 6 nitrogen and oxygen atoms in total. The normalized spacial score (nSPS) is 16.6. The predicted octanol–water partition coefficient (Wildman–Crippen LogP) is 2.11. The van der Waals surface area contributed by atoms with Crippen LogP contribution in [0.5, 0.6) is 5.75 Å². The highest BCUT2D eigenvalue weighted by atomic mass is 16.5. The number of hydrogen-bond donors (Lipinski definition) is 0. The summed E-state index contributed by atoms with van der Waals surface area (Å²) in [5.74, 6) is 0.473. The topological polar surface area (TPSA) is 56.6 Å². The standard InChI is InChI=1S/C16H19N3O3/c1-18(2)11-4-5-15-12(8-11)13(6-7-22-15)19-10-17-9-14(19)16(20)21-3/h4-5,8-10,13H,6-7H2,1-3H3. The average Bonchev–Trinajstić information content (AvgIpc) is 3.02. The Morgan fingerprint density at radius 2 is 2.27 bits per heavy atom. The summed E-state index contributed by atoms with van der Waals surface area (Å²) >= 11 is 0. The Morgan fingerprint density at radius 1 is 1.45 bits per heavy atom. The second-order valence-corrected chi connectivity index (χ2v) is 5.45. The van der Waals surface area contributed by atoms with Gasteiger partial charge in [-0.1, -0.05) is 0 Å². The molecule has 0 saturated heterocycles. The number of hydrogen-bond acceptors (Lipinski definition) is 5. The molecule has 116 valence electrons. The lowest BCUT2D eigenvalue weighted by Crippen LogP contribution is -2.23. The number of esters is 1. The molecule has 6 heteroatoms. The van der Waals surface area contributed by atoms with Gasteiger partial charge in [-0.2, -0.15) is 0 Å². The van der Waals surface area contributed by atoms with E-state index in [1.165, 1.54) is 13.3 Å². The van der Waals surface area contributed by atoms with Crippen LogP contribution >= 0.6 is 0 Å². The van der Waals surface area contributed by atoms with E-state index >= 15 is 0 Å². The zero-order valence-corrected chi connectivity index (χ0v) is 12.9. The maximum atomic E-state index is 11.9. The summed E-state index contributed by atoms with van der Waals surface area (Å²) in [5, 5.41) is 0. The molecule has 3 rings (SSSR count). The van der Waals surface area contributed by atoms with Gasteiger partial charge >= 0.3 is 5.97 Å². The van der Waals surface area contributed by atoms with Crippen LogP contribution in [0.4, 0.5) is 5.69 Å². The number of benzene rings is 1. The summed E-state index contributed by atoms with van der Waals surface area (Å²) in [4.78, 5) is 18.1. The summed E-state index contributed by atoms with van der Waals surface area (Å²) in [6.07, 6.45) is 4.00. The van der Waals surface area contributed by atoms with Gasteiger partial charge in [0.15, 0.2) is 0 Å². The number of fused-ring (bicyclic) bond motifs is 1. The fourth-order valence-electron chi connectivity index (χ4n) is 2.75. The fraction of sp³-hybridized carbons (Fsp3) is 0.375. The van der Waals surface area contributed by atoms with Gasteiger partial charge in [0.2, 0.25) is 0 Å². The van der Waals surface area contributed by atoms with Crippen LogP contribution in [-0.2, 0) is 4.74 Å². The molecule has 1 aliphatic rings. The van der Waals surface area contributed by atoms with Gasteiger partial charge in [0, 0.05) is 31.8 Å². The van der Waals surface area contributed by atoms with Crippen LogP contribution in [0.25, 0.3) is 0 Å². The molecule has 2 heterocycles. The molecule has 0 saturated carbocycles. The molecule has 1 aliphatic heterocycles. The largest absolute Gasteiger partial charge is 0.493 e. The Bertz CT molecular complexity index is 694. The first-order chi connectivity index (χ1) is 10.6. The first-order valence-electron chi connectivity index (χ1n) is 7.16.